The number of rotatable bonds is 2. The van der Waals surface area contributed by atoms with E-state index in [9.17, 15) is 9.59 Å². The van der Waals surface area contributed by atoms with Crippen LogP contribution in [0.5, 0.6) is 0 Å². The van der Waals surface area contributed by atoms with Gasteiger partial charge in [0.05, 0.1) is 0 Å². The van der Waals surface area contributed by atoms with Crippen molar-refractivity contribution in [2.75, 3.05) is 6.61 Å². The predicted octanol–water partition coefficient (Wildman–Crippen LogP) is 0.0501. The van der Waals surface area contributed by atoms with Gasteiger partial charge in [-0.15, -0.1) is 0 Å². The van der Waals surface area contributed by atoms with Gasteiger partial charge in [-0.2, -0.15) is 0 Å². The summed E-state index contributed by atoms with van der Waals surface area (Å²) in [5.41, 5.74) is 0. The van der Waals surface area contributed by atoms with E-state index in [-0.39, 0.29) is 24.9 Å². The molecular weight excluding hydrogens is 176 g/mol. The molecule has 5 heteroatoms. The predicted molar refractivity (Wildman–Crippen MR) is 48.1 cm³/mol. The first kappa shape index (κ1) is 18.0. The highest BCUT2D eigenvalue weighted by molar-refractivity contribution is 5.84. The van der Waals surface area contributed by atoms with Crippen LogP contribution in [0.15, 0.2) is 0 Å². The second kappa shape index (κ2) is 13.6. The molecular formula is C8H18O5. The van der Waals surface area contributed by atoms with E-state index in [1.807, 2.05) is 0 Å². The lowest BCUT2D eigenvalue weighted by Gasteiger charge is -1.95. The molecule has 3 N–H and O–H groups in total. The van der Waals surface area contributed by atoms with Crippen molar-refractivity contribution in [1.29, 1.82) is 0 Å². The van der Waals surface area contributed by atoms with E-state index in [2.05, 4.69) is 4.74 Å². The summed E-state index contributed by atoms with van der Waals surface area (Å²) in [6.45, 7) is 5.22. The molecule has 0 aliphatic rings. The normalized spacial score (nSPS) is 7.38. The highest BCUT2D eigenvalue weighted by atomic mass is 16.6. The number of carbonyl (C=O) groups excluding carboxylic acids is 2. The van der Waals surface area contributed by atoms with E-state index < -0.39 is 11.9 Å². The molecule has 13 heavy (non-hydrogen) atoms. The van der Waals surface area contributed by atoms with Crippen LogP contribution in [-0.4, -0.2) is 29.1 Å². The van der Waals surface area contributed by atoms with Crippen LogP contribution in [0.1, 0.15) is 33.6 Å². The summed E-state index contributed by atoms with van der Waals surface area (Å²) in [7, 11) is 0. The van der Waals surface area contributed by atoms with E-state index in [0.717, 1.165) is 0 Å². The van der Waals surface area contributed by atoms with Gasteiger partial charge in [0, 0.05) is 19.4 Å². The highest BCUT2D eigenvalue weighted by Gasteiger charge is 2.03. The number of esters is 2. The zero-order chi connectivity index (χ0) is 9.98. The van der Waals surface area contributed by atoms with Crippen LogP contribution in [0.3, 0.4) is 0 Å². The van der Waals surface area contributed by atoms with Crippen LogP contribution in [0.25, 0.3) is 0 Å². The summed E-state index contributed by atoms with van der Waals surface area (Å²) in [4.78, 5) is 20.7. The topological polar surface area (TPSA) is 95.1 Å². The first-order valence-corrected chi connectivity index (χ1v) is 3.96. The third-order valence-electron chi connectivity index (χ3n) is 0.805. The van der Waals surface area contributed by atoms with Crippen molar-refractivity contribution in [2.24, 2.45) is 0 Å². The molecule has 0 aliphatic carbocycles. The molecule has 0 heterocycles. The van der Waals surface area contributed by atoms with Crippen LogP contribution in [0.2, 0.25) is 0 Å². The molecule has 0 fully saturated rings. The van der Waals surface area contributed by atoms with Crippen molar-refractivity contribution in [3.05, 3.63) is 0 Å². The van der Waals surface area contributed by atoms with Crippen LogP contribution in [0, 0.1) is 0 Å². The Morgan fingerprint density at radius 1 is 1.08 bits per heavy atom. The Morgan fingerprint density at radius 2 is 1.31 bits per heavy atom. The quantitative estimate of drug-likeness (QED) is 0.496. The average Bonchev–Trinajstić information content (AvgIpc) is 2.05. The standard InChI is InChI=1S/C6H10O3.C2H6O.H2O/c1-3-5(7)9-6(8)4-2;1-2-3;/h3-4H2,1-2H3;3H,2H2,1H3;1H2. The molecule has 0 bridgehead atoms. The zero-order valence-electron chi connectivity index (χ0n) is 8.29. The van der Waals surface area contributed by atoms with E-state index in [1.165, 1.54) is 0 Å². The van der Waals surface area contributed by atoms with E-state index in [1.54, 1.807) is 20.8 Å². The third-order valence-corrected chi connectivity index (χ3v) is 0.805. The Labute approximate surface area is 78.0 Å². The summed E-state index contributed by atoms with van der Waals surface area (Å²) in [6, 6.07) is 0. The average molecular weight is 194 g/mol. The highest BCUT2D eigenvalue weighted by Crippen LogP contribution is 1.88. The first-order chi connectivity index (χ1) is 5.62. The molecule has 0 spiro atoms. The maximum Gasteiger partial charge on any atom is 0.313 e. The van der Waals surface area contributed by atoms with Gasteiger partial charge in [0.15, 0.2) is 0 Å². The van der Waals surface area contributed by atoms with Crippen molar-refractivity contribution in [3.8, 4) is 0 Å². The molecule has 0 rings (SSSR count). The molecule has 0 saturated carbocycles. The van der Waals surface area contributed by atoms with Crippen LogP contribution < -0.4 is 0 Å². The SMILES string of the molecule is CCC(=O)OC(=O)CC.CCO.O. The number of aliphatic hydroxyl groups excluding tert-OH is 1. The van der Waals surface area contributed by atoms with Gasteiger partial charge in [0.25, 0.3) is 0 Å². The smallest absolute Gasteiger partial charge is 0.313 e. The van der Waals surface area contributed by atoms with E-state index >= 15 is 0 Å². The fraction of sp³-hybridized carbons (Fsp3) is 0.750. The first-order valence-electron chi connectivity index (χ1n) is 3.96. The monoisotopic (exact) mass is 194 g/mol. The molecule has 0 aromatic rings. The number of hydrogen-bond acceptors (Lipinski definition) is 4. The Bertz CT molecular complexity index is 118. The summed E-state index contributed by atoms with van der Waals surface area (Å²) < 4.78 is 4.27. The molecule has 0 atom stereocenters. The summed E-state index contributed by atoms with van der Waals surface area (Å²) >= 11 is 0. The molecule has 0 aromatic heterocycles. The van der Waals surface area contributed by atoms with Gasteiger partial charge in [0.1, 0.15) is 0 Å². The zero-order valence-corrected chi connectivity index (χ0v) is 8.29. The minimum absolute atomic E-state index is 0. The lowest BCUT2D eigenvalue weighted by atomic mass is 10.5. The van der Waals surface area contributed by atoms with E-state index in [0.29, 0.717) is 0 Å². The summed E-state index contributed by atoms with van der Waals surface area (Å²) in [5, 5.41) is 7.57. The van der Waals surface area contributed by atoms with Gasteiger partial charge in [0.2, 0.25) is 0 Å². The number of ether oxygens (including phenoxy) is 1. The van der Waals surface area contributed by atoms with Crippen LogP contribution in [0.4, 0.5) is 0 Å². The second-order valence-electron chi connectivity index (χ2n) is 1.87. The molecule has 0 aromatic carbocycles. The fourth-order valence-electron chi connectivity index (χ4n) is 0.271. The number of hydrogen-bond donors (Lipinski definition) is 1. The molecule has 5 nitrogen and oxygen atoms in total. The van der Waals surface area contributed by atoms with Crippen molar-refractivity contribution >= 4 is 11.9 Å². The Morgan fingerprint density at radius 3 is 1.46 bits per heavy atom. The molecule has 0 amide bonds. The van der Waals surface area contributed by atoms with Crippen molar-refractivity contribution < 1.29 is 24.9 Å². The van der Waals surface area contributed by atoms with Crippen LogP contribution in [-0.2, 0) is 14.3 Å². The van der Waals surface area contributed by atoms with Gasteiger partial charge in [-0.05, 0) is 6.92 Å². The third kappa shape index (κ3) is 18.2. The van der Waals surface area contributed by atoms with E-state index in [4.69, 9.17) is 5.11 Å². The minimum atomic E-state index is -0.457. The van der Waals surface area contributed by atoms with Crippen LogP contribution >= 0.6 is 0 Å². The Hall–Kier alpha value is -0.940. The molecule has 0 unspecified atom stereocenters. The molecule has 80 valence electrons. The number of carbonyl (C=O) groups is 2. The Kier molecular flexibility index (Phi) is 18.9. The van der Waals surface area contributed by atoms with Gasteiger partial charge in [-0.3, -0.25) is 9.59 Å². The van der Waals surface area contributed by atoms with Crippen molar-refractivity contribution in [3.63, 3.8) is 0 Å². The lowest BCUT2D eigenvalue weighted by molar-refractivity contribution is -0.159. The minimum Gasteiger partial charge on any atom is -0.412 e. The maximum absolute atomic E-state index is 10.3. The second-order valence-corrected chi connectivity index (χ2v) is 1.87. The molecule has 0 aliphatic heterocycles. The Balaban J connectivity index is -0.000000220. The molecule has 0 radical (unpaired) electrons. The number of aliphatic hydroxyl groups is 1. The van der Waals surface area contributed by atoms with Gasteiger partial charge in [-0.1, -0.05) is 13.8 Å². The van der Waals surface area contributed by atoms with Gasteiger partial charge in [-0.25, -0.2) is 0 Å². The largest absolute Gasteiger partial charge is 0.412 e. The van der Waals surface area contributed by atoms with Gasteiger partial charge >= 0.3 is 11.9 Å². The lowest BCUT2D eigenvalue weighted by Crippen LogP contribution is -2.09. The maximum atomic E-state index is 10.3. The summed E-state index contributed by atoms with van der Waals surface area (Å²) in [5.74, 6) is -0.913. The fourth-order valence-corrected chi connectivity index (χ4v) is 0.271. The summed E-state index contributed by atoms with van der Waals surface area (Å²) in [6.07, 6.45) is 0.511. The van der Waals surface area contributed by atoms with Gasteiger partial charge < -0.3 is 15.3 Å². The van der Waals surface area contributed by atoms with Crippen molar-refractivity contribution in [1.82, 2.24) is 0 Å². The van der Waals surface area contributed by atoms with Crippen molar-refractivity contribution in [2.45, 2.75) is 33.6 Å². The molecule has 0 saturated heterocycles.